The van der Waals surface area contributed by atoms with Gasteiger partial charge in [0, 0.05) is 19.6 Å². The Morgan fingerprint density at radius 2 is 2.04 bits per heavy atom. The zero-order valence-corrected chi connectivity index (χ0v) is 13.7. The van der Waals surface area contributed by atoms with Gasteiger partial charge in [0.25, 0.3) is 0 Å². The summed E-state index contributed by atoms with van der Waals surface area (Å²) in [5.74, 6) is 0. The van der Waals surface area contributed by atoms with Crippen LogP contribution in [-0.4, -0.2) is 27.3 Å². The summed E-state index contributed by atoms with van der Waals surface area (Å²) in [5.41, 5.74) is 5.81. The predicted octanol–water partition coefficient (Wildman–Crippen LogP) is 2.57. The number of aliphatic hydroxyl groups is 1. The molecular formula is C19H23N3O. The smallest absolute Gasteiger partial charge is 0.0955 e. The molecule has 1 heterocycles. The van der Waals surface area contributed by atoms with Crippen LogP contribution in [0.5, 0.6) is 0 Å². The van der Waals surface area contributed by atoms with Gasteiger partial charge in [-0.1, -0.05) is 35.9 Å². The van der Waals surface area contributed by atoms with Crippen LogP contribution in [0.15, 0.2) is 48.8 Å². The molecule has 3 aromatic rings. The second-order valence-electron chi connectivity index (χ2n) is 6.13. The third-order valence-electron chi connectivity index (χ3n) is 4.17. The summed E-state index contributed by atoms with van der Waals surface area (Å²) in [7, 11) is 2.00. The van der Waals surface area contributed by atoms with Gasteiger partial charge in [-0.25, -0.2) is 4.98 Å². The van der Waals surface area contributed by atoms with Crippen LogP contribution in [0.3, 0.4) is 0 Å². The number of rotatable bonds is 6. The Morgan fingerprint density at radius 3 is 2.83 bits per heavy atom. The average Bonchev–Trinajstić information content (AvgIpc) is 2.92. The van der Waals surface area contributed by atoms with E-state index < -0.39 is 0 Å². The molecule has 1 unspecified atom stereocenters. The Labute approximate surface area is 136 Å². The van der Waals surface area contributed by atoms with E-state index in [2.05, 4.69) is 59.7 Å². The first kappa shape index (κ1) is 15.7. The Morgan fingerprint density at radius 1 is 1.17 bits per heavy atom. The van der Waals surface area contributed by atoms with Crippen molar-refractivity contribution in [3.63, 3.8) is 0 Å². The van der Waals surface area contributed by atoms with Crippen molar-refractivity contribution in [3.05, 3.63) is 65.5 Å². The normalized spacial score (nSPS) is 12.7. The van der Waals surface area contributed by atoms with Crippen molar-refractivity contribution in [3.8, 4) is 0 Å². The molecule has 0 bridgehead atoms. The van der Waals surface area contributed by atoms with Gasteiger partial charge in [0.2, 0.25) is 0 Å². The van der Waals surface area contributed by atoms with Crippen molar-refractivity contribution >= 4 is 11.0 Å². The van der Waals surface area contributed by atoms with E-state index in [1.165, 1.54) is 16.7 Å². The molecule has 0 radical (unpaired) electrons. The van der Waals surface area contributed by atoms with Gasteiger partial charge in [-0.2, -0.15) is 0 Å². The highest BCUT2D eigenvalue weighted by atomic mass is 16.3. The van der Waals surface area contributed by atoms with E-state index in [0.29, 0.717) is 0 Å². The zero-order chi connectivity index (χ0) is 16.2. The highest BCUT2D eigenvalue weighted by molar-refractivity contribution is 5.75. The lowest BCUT2D eigenvalue weighted by Gasteiger charge is -2.17. The van der Waals surface area contributed by atoms with Crippen molar-refractivity contribution in [2.45, 2.75) is 25.9 Å². The van der Waals surface area contributed by atoms with E-state index in [0.717, 1.165) is 24.0 Å². The summed E-state index contributed by atoms with van der Waals surface area (Å²) in [6.45, 7) is 2.94. The number of aromatic nitrogens is 2. The van der Waals surface area contributed by atoms with Crippen LogP contribution >= 0.6 is 0 Å². The summed E-state index contributed by atoms with van der Waals surface area (Å²) < 4.78 is 2.01. The van der Waals surface area contributed by atoms with Gasteiger partial charge < -0.3 is 15.0 Å². The third kappa shape index (κ3) is 3.78. The molecular weight excluding hydrogens is 286 g/mol. The summed E-state index contributed by atoms with van der Waals surface area (Å²) in [4.78, 5) is 4.39. The second kappa shape index (κ2) is 6.94. The summed E-state index contributed by atoms with van der Waals surface area (Å²) in [5, 5.41) is 13.1. The minimum absolute atomic E-state index is 0.0521. The molecule has 0 aliphatic carbocycles. The lowest BCUT2D eigenvalue weighted by atomic mass is 10.0. The fourth-order valence-electron chi connectivity index (χ4n) is 2.88. The van der Waals surface area contributed by atoms with Crippen molar-refractivity contribution in [2.24, 2.45) is 7.05 Å². The number of aliphatic hydroxyl groups excluding tert-OH is 1. The first-order chi connectivity index (χ1) is 11.2. The molecule has 1 aromatic heterocycles. The SMILES string of the molecule is Cc1cccc(CC(CO)NCc2ccc3c(c2)ncn3C)c1. The Hall–Kier alpha value is -2.17. The van der Waals surface area contributed by atoms with Gasteiger partial charge in [-0.05, 0) is 36.6 Å². The van der Waals surface area contributed by atoms with E-state index in [9.17, 15) is 5.11 Å². The summed E-state index contributed by atoms with van der Waals surface area (Å²) >= 11 is 0. The number of nitrogens with zero attached hydrogens (tertiary/aromatic N) is 2. The number of aryl methyl sites for hydroxylation is 2. The summed E-state index contributed by atoms with van der Waals surface area (Å²) in [6.07, 6.45) is 2.65. The van der Waals surface area contributed by atoms with Gasteiger partial charge in [-0.3, -0.25) is 0 Å². The maximum absolute atomic E-state index is 9.63. The molecule has 0 aliphatic heterocycles. The van der Waals surface area contributed by atoms with Gasteiger partial charge in [0.1, 0.15) is 0 Å². The number of fused-ring (bicyclic) bond motifs is 1. The predicted molar refractivity (Wildman–Crippen MR) is 93.3 cm³/mol. The maximum Gasteiger partial charge on any atom is 0.0955 e. The molecule has 1 atom stereocenters. The van der Waals surface area contributed by atoms with Crippen molar-refractivity contribution < 1.29 is 5.11 Å². The first-order valence-electron chi connectivity index (χ1n) is 7.95. The van der Waals surface area contributed by atoms with Crippen LogP contribution in [0.25, 0.3) is 11.0 Å². The molecule has 0 spiro atoms. The molecule has 2 aromatic carbocycles. The van der Waals surface area contributed by atoms with Gasteiger partial charge in [0.15, 0.2) is 0 Å². The number of nitrogens with one attached hydrogen (secondary N) is 1. The molecule has 0 saturated heterocycles. The van der Waals surface area contributed by atoms with Gasteiger partial charge in [-0.15, -0.1) is 0 Å². The van der Waals surface area contributed by atoms with Crippen LogP contribution in [0.2, 0.25) is 0 Å². The van der Waals surface area contributed by atoms with E-state index >= 15 is 0 Å². The Kier molecular flexibility index (Phi) is 4.74. The number of hydrogen-bond acceptors (Lipinski definition) is 3. The monoisotopic (exact) mass is 309 g/mol. The van der Waals surface area contributed by atoms with Gasteiger partial charge in [0.05, 0.1) is 24.0 Å². The molecule has 23 heavy (non-hydrogen) atoms. The molecule has 0 saturated carbocycles. The lowest BCUT2D eigenvalue weighted by Crippen LogP contribution is -2.34. The quantitative estimate of drug-likeness (QED) is 0.736. The number of imidazole rings is 1. The van der Waals surface area contributed by atoms with E-state index in [4.69, 9.17) is 0 Å². The third-order valence-corrected chi connectivity index (χ3v) is 4.17. The highest BCUT2D eigenvalue weighted by Crippen LogP contribution is 2.14. The van der Waals surface area contributed by atoms with E-state index in [-0.39, 0.29) is 12.6 Å². The van der Waals surface area contributed by atoms with Crippen LogP contribution in [0, 0.1) is 6.92 Å². The first-order valence-corrected chi connectivity index (χ1v) is 7.95. The molecule has 4 heteroatoms. The van der Waals surface area contributed by atoms with Crippen LogP contribution in [-0.2, 0) is 20.0 Å². The van der Waals surface area contributed by atoms with Crippen LogP contribution < -0.4 is 5.32 Å². The molecule has 0 aliphatic rings. The minimum atomic E-state index is 0.0521. The standard InChI is InChI=1S/C19H23N3O/c1-14-4-3-5-15(8-14)9-17(12-23)20-11-16-6-7-19-18(10-16)21-13-22(19)2/h3-8,10,13,17,20,23H,9,11-12H2,1-2H3. The number of hydrogen-bond donors (Lipinski definition) is 2. The number of benzene rings is 2. The Balaban J connectivity index is 1.64. The average molecular weight is 309 g/mol. The molecule has 3 rings (SSSR count). The molecule has 4 nitrogen and oxygen atoms in total. The maximum atomic E-state index is 9.63. The lowest BCUT2D eigenvalue weighted by molar-refractivity contribution is 0.241. The van der Waals surface area contributed by atoms with Crippen molar-refractivity contribution in [2.75, 3.05) is 6.61 Å². The summed E-state index contributed by atoms with van der Waals surface area (Å²) in [6, 6.07) is 14.8. The van der Waals surface area contributed by atoms with E-state index in [1.54, 1.807) is 0 Å². The Bertz CT molecular complexity index is 794. The molecule has 120 valence electrons. The zero-order valence-electron chi connectivity index (χ0n) is 13.7. The molecule has 0 amide bonds. The van der Waals surface area contributed by atoms with Gasteiger partial charge >= 0.3 is 0 Å². The highest BCUT2D eigenvalue weighted by Gasteiger charge is 2.09. The van der Waals surface area contributed by atoms with Crippen molar-refractivity contribution in [1.82, 2.24) is 14.9 Å². The van der Waals surface area contributed by atoms with Crippen LogP contribution in [0.1, 0.15) is 16.7 Å². The topological polar surface area (TPSA) is 50.1 Å². The fraction of sp³-hybridized carbons (Fsp3) is 0.316. The fourth-order valence-corrected chi connectivity index (χ4v) is 2.88. The molecule has 0 fully saturated rings. The van der Waals surface area contributed by atoms with Crippen LogP contribution in [0.4, 0.5) is 0 Å². The largest absolute Gasteiger partial charge is 0.395 e. The van der Waals surface area contributed by atoms with E-state index in [1.807, 2.05) is 17.9 Å². The van der Waals surface area contributed by atoms with Crippen molar-refractivity contribution in [1.29, 1.82) is 0 Å². The minimum Gasteiger partial charge on any atom is -0.395 e. The molecule has 2 N–H and O–H groups in total. The second-order valence-corrected chi connectivity index (χ2v) is 6.13.